The molecule has 0 aliphatic heterocycles. The number of aryl methyl sites for hydroxylation is 1. The molecule has 0 amide bonds. The number of hydrogen-bond acceptors (Lipinski definition) is 3. The molecule has 2 aromatic rings. The van der Waals surface area contributed by atoms with E-state index >= 15 is 0 Å². The van der Waals surface area contributed by atoms with E-state index in [1.165, 1.54) is 12.1 Å². The molecule has 0 fully saturated rings. The Morgan fingerprint density at radius 1 is 1.29 bits per heavy atom. The van der Waals surface area contributed by atoms with Gasteiger partial charge < -0.3 is 10.1 Å². The lowest BCUT2D eigenvalue weighted by Gasteiger charge is -2.19. The van der Waals surface area contributed by atoms with E-state index < -0.39 is 17.7 Å². The van der Waals surface area contributed by atoms with Crippen LogP contribution in [0.5, 0.6) is 5.75 Å². The highest BCUT2D eigenvalue weighted by Gasteiger charge is 2.22. The van der Waals surface area contributed by atoms with Gasteiger partial charge in [0.2, 0.25) is 0 Å². The van der Waals surface area contributed by atoms with E-state index in [4.69, 9.17) is 4.74 Å². The summed E-state index contributed by atoms with van der Waals surface area (Å²) in [6, 6.07) is 3.81. The second-order valence-electron chi connectivity index (χ2n) is 4.70. The van der Waals surface area contributed by atoms with Crippen LogP contribution in [0.1, 0.15) is 29.7 Å². The van der Waals surface area contributed by atoms with Crippen LogP contribution < -0.4 is 10.1 Å². The smallest absolute Gasteiger partial charge is 0.137 e. The van der Waals surface area contributed by atoms with Crippen LogP contribution in [0.3, 0.4) is 0 Å². The summed E-state index contributed by atoms with van der Waals surface area (Å²) in [7, 11) is 1.65. The van der Waals surface area contributed by atoms with Crippen LogP contribution in [0, 0.1) is 18.6 Å². The lowest BCUT2D eigenvalue weighted by Crippen LogP contribution is -2.21. The first-order valence-electron chi connectivity index (χ1n) is 6.78. The fourth-order valence-corrected chi connectivity index (χ4v) is 2.26. The van der Waals surface area contributed by atoms with Gasteiger partial charge in [-0.3, -0.25) is 4.98 Å². The molecule has 112 valence electrons. The van der Waals surface area contributed by atoms with Gasteiger partial charge in [0.1, 0.15) is 17.4 Å². The maximum atomic E-state index is 14.3. The highest BCUT2D eigenvalue weighted by Crippen LogP contribution is 2.29. The first-order valence-corrected chi connectivity index (χ1v) is 6.78. The van der Waals surface area contributed by atoms with E-state index in [-0.39, 0.29) is 5.56 Å². The standard InChI is InChI=1S/C16H18F2N2O/c1-4-21-12-7-11(8-20-9-12)16(19-3)14-13(17)6-5-10(2)15(14)18/h5-9,16,19H,4H2,1-3H3. The lowest BCUT2D eigenvalue weighted by atomic mass is 9.97. The highest BCUT2D eigenvalue weighted by atomic mass is 19.1. The zero-order valence-corrected chi connectivity index (χ0v) is 12.3. The van der Waals surface area contributed by atoms with Crippen molar-refractivity contribution in [3.63, 3.8) is 0 Å². The van der Waals surface area contributed by atoms with Gasteiger partial charge in [-0.25, -0.2) is 8.78 Å². The van der Waals surface area contributed by atoms with Crippen LogP contribution in [0.25, 0.3) is 0 Å². The monoisotopic (exact) mass is 292 g/mol. The SMILES string of the molecule is CCOc1cncc(C(NC)c2c(F)ccc(C)c2F)c1. The van der Waals surface area contributed by atoms with Crippen molar-refractivity contribution in [2.24, 2.45) is 0 Å². The van der Waals surface area contributed by atoms with Gasteiger partial charge in [0, 0.05) is 11.8 Å². The summed E-state index contributed by atoms with van der Waals surface area (Å²) < 4.78 is 33.8. The summed E-state index contributed by atoms with van der Waals surface area (Å²) in [5, 5.41) is 2.94. The Hall–Kier alpha value is -2.01. The largest absolute Gasteiger partial charge is 0.492 e. The van der Waals surface area contributed by atoms with Crippen LogP contribution in [-0.4, -0.2) is 18.6 Å². The third-order valence-electron chi connectivity index (χ3n) is 3.28. The molecule has 3 nitrogen and oxygen atoms in total. The molecule has 0 aliphatic rings. The van der Waals surface area contributed by atoms with Gasteiger partial charge in [0.05, 0.1) is 18.8 Å². The lowest BCUT2D eigenvalue weighted by molar-refractivity contribution is 0.338. The Labute approximate surface area is 123 Å². The second-order valence-corrected chi connectivity index (χ2v) is 4.70. The van der Waals surface area contributed by atoms with E-state index in [0.29, 0.717) is 23.5 Å². The Balaban J connectivity index is 2.50. The van der Waals surface area contributed by atoms with E-state index in [2.05, 4.69) is 10.3 Å². The van der Waals surface area contributed by atoms with Crippen LogP contribution in [-0.2, 0) is 0 Å². The van der Waals surface area contributed by atoms with Crippen LogP contribution in [0.15, 0.2) is 30.6 Å². The molecule has 1 aromatic carbocycles. The van der Waals surface area contributed by atoms with Gasteiger partial charge in [-0.2, -0.15) is 0 Å². The number of benzene rings is 1. The van der Waals surface area contributed by atoms with Crippen molar-refractivity contribution < 1.29 is 13.5 Å². The quantitative estimate of drug-likeness (QED) is 0.917. The first-order chi connectivity index (χ1) is 10.1. The Kier molecular flexibility index (Phi) is 4.85. The van der Waals surface area contributed by atoms with Gasteiger partial charge in [-0.05, 0) is 44.2 Å². The first kappa shape index (κ1) is 15.4. The van der Waals surface area contributed by atoms with E-state index in [1.54, 1.807) is 32.4 Å². The molecule has 5 heteroatoms. The van der Waals surface area contributed by atoms with Crippen molar-refractivity contribution in [2.75, 3.05) is 13.7 Å². The summed E-state index contributed by atoms with van der Waals surface area (Å²) in [6.45, 7) is 3.98. The Morgan fingerprint density at radius 3 is 2.71 bits per heavy atom. The number of ether oxygens (including phenoxy) is 1. The highest BCUT2D eigenvalue weighted by molar-refractivity contribution is 5.37. The predicted molar refractivity (Wildman–Crippen MR) is 77.4 cm³/mol. The topological polar surface area (TPSA) is 34.1 Å². The minimum absolute atomic E-state index is 0.00653. The molecule has 1 atom stereocenters. The molecule has 1 aromatic heterocycles. The van der Waals surface area contributed by atoms with Gasteiger partial charge in [0.15, 0.2) is 0 Å². The molecule has 1 unspecified atom stereocenters. The zero-order valence-electron chi connectivity index (χ0n) is 12.3. The molecule has 0 aliphatic carbocycles. The van der Waals surface area contributed by atoms with Crippen molar-refractivity contribution in [3.05, 3.63) is 58.9 Å². The maximum Gasteiger partial charge on any atom is 0.137 e. The number of rotatable bonds is 5. The van der Waals surface area contributed by atoms with Crippen molar-refractivity contribution in [2.45, 2.75) is 19.9 Å². The Morgan fingerprint density at radius 2 is 2.05 bits per heavy atom. The minimum Gasteiger partial charge on any atom is -0.492 e. The number of aromatic nitrogens is 1. The second kappa shape index (κ2) is 6.63. The van der Waals surface area contributed by atoms with Crippen LogP contribution in [0.2, 0.25) is 0 Å². The molecule has 2 rings (SSSR count). The van der Waals surface area contributed by atoms with E-state index in [1.807, 2.05) is 6.92 Å². The van der Waals surface area contributed by atoms with E-state index in [9.17, 15) is 8.78 Å². The average Bonchev–Trinajstić information content (AvgIpc) is 2.48. The molecular weight excluding hydrogens is 274 g/mol. The molecule has 21 heavy (non-hydrogen) atoms. The number of nitrogens with one attached hydrogen (secondary N) is 1. The maximum absolute atomic E-state index is 14.3. The number of halogens is 2. The normalized spacial score (nSPS) is 12.2. The number of nitrogens with zero attached hydrogens (tertiary/aromatic N) is 1. The summed E-state index contributed by atoms with van der Waals surface area (Å²) in [4.78, 5) is 4.07. The third kappa shape index (κ3) is 3.19. The molecule has 0 saturated heterocycles. The fourth-order valence-electron chi connectivity index (χ4n) is 2.26. The number of hydrogen-bond donors (Lipinski definition) is 1. The molecule has 1 N–H and O–H groups in total. The molecule has 1 heterocycles. The fraction of sp³-hybridized carbons (Fsp3) is 0.312. The van der Waals surface area contributed by atoms with Gasteiger partial charge >= 0.3 is 0 Å². The number of pyridine rings is 1. The van der Waals surface area contributed by atoms with Crippen molar-refractivity contribution in [1.82, 2.24) is 10.3 Å². The molecule has 0 spiro atoms. The Bertz CT molecular complexity index is 632. The van der Waals surface area contributed by atoms with Crippen LogP contribution in [0.4, 0.5) is 8.78 Å². The van der Waals surface area contributed by atoms with Crippen LogP contribution >= 0.6 is 0 Å². The predicted octanol–water partition coefficient (Wildman–Crippen LogP) is 3.38. The summed E-state index contributed by atoms with van der Waals surface area (Å²) in [5.74, 6) is -0.556. The minimum atomic E-state index is -0.627. The molecule has 0 radical (unpaired) electrons. The van der Waals surface area contributed by atoms with Crippen molar-refractivity contribution in [1.29, 1.82) is 0 Å². The summed E-state index contributed by atoms with van der Waals surface area (Å²) >= 11 is 0. The van der Waals surface area contributed by atoms with Gasteiger partial charge in [-0.1, -0.05) is 6.07 Å². The zero-order chi connectivity index (χ0) is 15.4. The van der Waals surface area contributed by atoms with Crippen molar-refractivity contribution >= 4 is 0 Å². The van der Waals surface area contributed by atoms with Gasteiger partial charge in [0.25, 0.3) is 0 Å². The molecule has 0 saturated carbocycles. The van der Waals surface area contributed by atoms with Gasteiger partial charge in [-0.15, -0.1) is 0 Å². The van der Waals surface area contributed by atoms with E-state index in [0.717, 1.165) is 0 Å². The summed E-state index contributed by atoms with van der Waals surface area (Å²) in [6.07, 6.45) is 3.15. The molecule has 0 bridgehead atoms. The van der Waals surface area contributed by atoms with Crippen molar-refractivity contribution in [3.8, 4) is 5.75 Å². The third-order valence-corrected chi connectivity index (χ3v) is 3.28. The summed E-state index contributed by atoms with van der Waals surface area (Å²) in [5.41, 5.74) is 1.04. The average molecular weight is 292 g/mol. The molecular formula is C16H18F2N2O.